The molecule has 1 aliphatic rings. The van der Waals surface area contributed by atoms with Crippen molar-refractivity contribution in [1.29, 1.82) is 0 Å². The molecule has 1 atom stereocenters. The standard InChI is InChI=1S/C21H21NO2/c1-2-13-22-21(23)15-24-20-14-18-9-4-3-7-16(18)11-12-17-8-5-6-10-19(17)20/h3-10,20H,2,13-15H2,1H3,(H,22,23). The van der Waals surface area contributed by atoms with Gasteiger partial charge in [-0.2, -0.15) is 0 Å². The number of carbonyl (C=O) groups is 1. The van der Waals surface area contributed by atoms with Gasteiger partial charge >= 0.3 is 0 Å². The fourth-order valence-corrected chi connectivity index (χ4v) is 2.80. The molecule has 0 aromatic heterocycles. The summed E-state index contributed by atoms with van der Waals surface area (Å²) in [5.74, 6) is 6.42. The minimum Gasteiger partial charge on any atom is -0.363 e. The van der Waals surface area contributed by atoms with E-state index in [1.807, 2.05) is 49.4 Å². The van der Waals surface area contributed by atoms with Crippen LogP contribution >= 0.6 is 0 Å². The molecular weight excluding hydrogens is 298 g/mol. The molecular formula is C21H21NO2. The molecule has 3 nitrogen and oxygen atoms in total. The lowest BCUT2D eigenvalue weighted by molar-refractivity contribution is -0.127. The van der Waals surface area contributed by atoms with E-state index < -0.39 is 0 Å². The lowest BCUT2D eigenvalue weighted by Gasteiger charge is -2.21. The van der Waals surface area contributed by atoms with Crippen molar-refractivity contribution in [2.75, 3.05) is 13.2 Å². The van der Waals surface area contributed by atoms with E-state index in [4.69, 9.17) is 4.74 Å². The van der Waals surface area contributed by atoms with E-state index >= 15 is 0 Å². The first-order chi connectivity index (χ1) is 11.8. The van der Waals surface area contributed by atoms with Crippen LogP contribution in [0.3, 0.4) is 0 Å². The quantitative estimate of drug-likeness (QED) is 0.859. The van der Waals surface area contributed by atoms with Gasteiger partial charge in [-0.15, -0.1) is 0 Å². The monoisotopic (exact) mass is 319 g/mol. The van der Waals surface area contributed by atoms with E-state index in [0.717, 1.165) is 28.7 Å². The fourth-order valence-electron chi connectivity index (χ4n) is 2.80. The van der Waals surface area contributed by atoms with Crippen molar-refractivity contribution in [2.45, 2.75) is 25.9 Å². The van der Waals surface area contributed by atoms with E-state index in [2.05, 4.69) is 23.2 Å². The van der Waals surface area contributed by atoms with Crippen LogP contribution in [0.1, 0.15) is 41.7 Å². The first-order valence-corrected chi connectivity index (χ1v) is 8.35. The van der Waals surface area contributed by atoms with E-state index in [1.54, 1.807) is 0 Å². The minimum absolute atomic E-state index is 0.0641. The van der Waals surface area contributed by atoms with Crippen molar-refractivity contribution < 1.29 is 9.53 Å². The highest BCUT2D eigenvalue weighted by Gasteiger charge is 2.20. The predicted octanol–water partition coefficient (Wildman–Crippen LogP) is 3.23. The highest BCUT2D eigenvalue weighted by atomic mass is 16.5. The Bertz CT molecular complexity index is 786. The first kappa shape index (κ1) is 16.3. The van der Waals surface area contributed by atoms with Gasteiger partial charge in [0.05, 0.1) is 6.10 Å². The second kappa shape index (κ2) is 7.81. The summed E-state index contributed by atoms with van der Waals surface area (Å²) in [6.45, 7) is 2.77. The molecule has 1 N–H and O–H groups in total. The Hall–Kier alpha value is -2.57. The Morgan fingerprint density at radius 2 is 1.83 bits per heavy atom. The number of carbonyl (C=O) groups excluding carboxylic acids is 1. The second-order valence-electron chi connectivity index (χ2n) is 5.85. The minimum atomic E-state index is -0.177. The molecule has 24 heavy (non-hydrogen) atoms. The molecule has 3 rings (SSSR count). The molecule has 1 unspecified atom stereocenters. The van der Waals surface area contributed by atoms with E-state index in [1.165, 1.54) is 0 Å². The maximum absolute atomic E-state index is 11.9. The fraction of sp³-hybridized carbons (Fsp3) is 0.286. The van der Waals surface area contributed by atoms with Gasteiger partial charge in [-0.3, -0.25) is 4.79 Å². The van der Waals surface area contributed by atoms with Crippen LogP contribution in [0, 0.1) is 11.8 Å². The lowest BCUT2D eigenvalue weighted by Crippen LogP contribution is -2.29. The molecule has 0 saturated heterocycles. The molecule has 0 bridgehead atoms. The average Bonchev–Trinajstić information content (AvgIpc) is 2.61. The van der Waals surface area contributed by atoms with Crippen molar-refractivity contribution in [3.63, 3.8) is 0 Å². The summed E-state index contributed by atoms with van der Waals surface area (Å²) in [6, 6.07) is 16.1. The summed E-state index contributed by atoms with van der Waals surface area (Å²) in [5.41, 5.74) is 4.18. The molecule has 1 aliphatic carbocycles. The van der Waals surface area contributed by atoms with Gasteiger partial charge in [-0.1, -0.05) is 55.2 Å². The van der Waals surface area contributed by atoms with Crippen molar-refractivity contribution >= 4 is 5.91 Å². The maximum Gasteiger partial charge on any atom is 0.246 e. The number of nitrogens with one attached hydrogen (secondary N) is 1. The third kappa shape index (κ3) is 3.84. The molecule has 2 aromatic carbocycles. The normalized spacial score (nSPS) is 15.1. The molecule has 1 amide bonds. The number of hydrogen-bond acceptors (Lipinski definition) is 2. The number of rotatable bonds is 5. The molecule has 2 aromatic rings. The molecule has 0 fully saturated rings. The summed E-state index contributed by atoms with van der Waals surface area (Å²) in [4.78, 5) is 11.9. The summed E-state index contributed by atoms with van der Waals surface area (Å²) in [6.07, 6.45) is 1.45. The average molecular weight is 319 g/mol. The largest absolute Gasteiger partial charge is 0.363 e. The lowest BCUT2D eigenvalue weighted by atomic mass is 9.92. The van der Waals surface area contributed by atoms with E-state index in [-0.39, 0.29) is 18.6 Å². The van der Waals surface area contributed by atoms with Crippen LogP contribution in [-0.4, -0.2) is 19.1 Å². The summed E-state index contributed by atoms with van der Waals surface area (Å²) in [5, 5.41) is 2.85. The van der Waals surface area contributed by atoms with Crippen molar-refractivity contribution in [3.8, 4) is 11.8 Å². The number of amides is 1. The number of ether oxygens (including phenoxy) is 1. The second-order valence-corrected chi connectivity index (χ2v) is 5.85. The van der Waals surface area contributed by atoms with Gasteiger partial charge in [-0.25, -0.2) is 0 Å². The number of fused-ring (bicyclic) bond motifs is 2. The van der Waals surface area contributed by atoms with Crippen LogP contribution in [0.2, 0.25) is 0 Å². The summed E-state index contributed by atoms with van der Waals surface area (Å²) < 4.78 is 5.98. The molecule has 122 valence electrons. The smallest absolute Gasteiger partial charge is 0.246 e. The summed E-state index contributed by atoms with van der Waals surface area (Å²) in [7, 11) is 0. The zero-order valence-corrected chi connectivity index (χ0v) is 13.8. The van der Waals surface area contributed by atoms with Gasteiger partial charge in [0.25, 0.3) is 0 Å². The summed E-state index contributed by atoms with van der Waals surface area (Å²) >= 11 is 0. The maximum atomic E-state index is 11.9. The number of benzene rings is 2. The van der Waals surface area contributed by atoms with E-state index in [9.17, 15) is 4.79 Å². The molecule has 0 aliphatic heterocycles. The van der Waals surface area contributed by atoms with Gasteiger partial charge < -0.3 is 10.1 Å². The molecule has 0 heterocycles. The van der Waals surface area contributed by atoms with E-state index in [0.29, 0.717) is 13.0 Å². The van der Waals surface area contributed by atoms with Crippen LogP contribution in [0.5, 0.6) is 0 Å². The Labute approximate surface area is 143 Å². The van der Waals surface area contributed by atoms with Crippen LogP contribution in [0.4, 0.5) is 0 Å². The topological polar surface area (TPSA) is 38.3 Å². The van der Waals surface area contributed by atoms with Crippen molar-refractivity contribution in [2.24, 2.45) is 0 Å². The van der Waals surface area contributed by atoms with Crippen molar-refractivity contribution in [1.82, 2.24) is 5.32 Å². The third-order valence-corrected chi connectivity index (χ3v) is 4.05. The molecule has 3 heteroatoms. The van der Waals surface area contributed by atoms with Crippen LogP contribution in [0.25, 0.3) is 0 Å². The zero-order chi connectivity index (χ0) is 16.8. The zero-order valence-electron chi connectivity index (χ0n) is 13.8. The predicted molar refractivity (Wildman–Crippen MR) is 94.6 cm³/mol. The van der Waals surface area contributed by atoms with Crippen LogP contribution in [-0.2, 0) is 16.0 Å². The highest BCUT2D eigenvalue weighted by Crippen LogP contribution is 2.28. The van der Waals surface area contributed by atoms with Gasteiger partial charge in [0.2, 0.25) is 5.91 Å². The third-order valence-electron chi connectivity index (χ3n) is 4.05. The Morgan fingerprint density at radius 1 is 1.12 bits per heavy atom. The van der Waals surface area contributed by atoms with Crippen LogP contribution < -0.4 is 5.32 Å². The highest BCUT2D eigenvalue weighted by molar-refractivity contribution is 5.77. The van der Waals surface area contributed by atoms with Gasteiger partial charge in [-0.05, 0) is 29.7 Å². The number of hydrogen-bond donors (Lipinski definition) is 1. The van der Waals surface area contributed by atoms with Gasteiger partial charge in [0.15, 0.2) is 0 Å². The first-order valence-electron chi connectivity index (χ1n) is 8.35. The molecule has 0 spiro atoms. The van der Waals surface area contributed by atoms with Crippen LogP contribution in [0.15, 0.2) is 48.5 Å². The van der Waals surface area contributed by atoms with Gasteiger partial charge in [0.1, 0.15) is 6.61 Å². The molecule has 0 radical (unpaired) electrons. The Kier molecular flexibility index (Phi) is 5.30. The van der Waals surface area contributed by atoms with Gasteiger partial charge in [0, 0.05) is 24.1 Å². The molecule has 0 saturated carbocycles. The Morgan fingerprint density at radius 3 is 2.67 bits per heavy atom. The van der Waals surface area contributed by atoms with Crippen molar-refractivity contribution in [3.05, 3.63) is 70.8 Å². The SMILES string of the molecule is CCCNC(=O)COC1Cc2ccccc2C#Cc2ccccc21. The Balaban J connectivity index is 1.86.